The second-order valence-corrected chi connectivity index (χ2v) is 7.22. The standard InChI is InChI=1S/C12H22N2O2S2/c1-5-9(2)10(3)14-18(15,16)12-6-7-17-11(12)8-13-4/h6-7,9-10,13-14H,5,8H2,1-4H3. The quantitative estimate of drug-likeness (QED) is 0.809. The van der Waals surface area contributed by atoms with Crippen LogP contribution in [0.3, 0.4) is 0 Å². The summed E-state index contributed by atoms with van der Waals surface area (Å²) in [4.78, 5) is 1.25. The number of thiophene rings is 1. The normalized spacial score (nSPS) is 15.6. The fourth-order valence-corrected chi connectivity index (χ4v) is 4.44. The Balaban J connectivity index is 2.89. The van der Waals surface area contributed by atoms with Crippen molar-refractivity contribution in [3.05, 3.63) is 16.3 Å². The van der Waals surface area contributed by atoms with E-state index in [2.05, 4.69) is 23.9 Å². The largest absolute Gasteiger partial charge is 0.315 e. The van der Waals surface area contributed by atoms with E-state index in [0.29, 0.717) is 17.4 Å². The molecule has 2 atom stereocenters. The topological polar surface area (TPSA) is 58.2 Å². The van der Waals surface area contributed by atoms with Crippen molar-refractivity contribution in [2.75, 3.05) is 7.05 Å². The van der Waals surface area contributed by atoms with Crippen LogP contribution in [0.5, 0.6) is 0 Å². The maximum atomic E-state index is 12.3. The van der Waals surface area contributed by atoms with Gasteiger partial charge in [-0.05, 0) is 31.3 Å². The highest BCUT2D eigenvalue weighted by molar-refractivity contribution is 7.89. The lowest BCUT2D eigenvalue weighted by Crippen LogP contribution is -2.37. The first-order valence-electron chi connectivity index (χ1n) is 6.15. The summed E-state index contributed by atoms with van der Waals surface area (Å²) < 4.78 is 27.3. The fraction of sp³-hybridized carbons (Fsp3) is 0.667. The van der Waals surface area contributed by atoms with Gasteiger partial charge in [-0.2, -0.15) is 0 Å². The zero-order valence-electron chi connectivity index (χ0n) is 11.4. The summed E-state index contributed by atoms with van der Waals surface area (Å²) in [6.07, 6.45) is 0.955. The second kappa shape index (κ2) is 6.65. The van der Waals surface area contributed by atoms with Crippen LogP contribution in [-0.4, -0.2) is 21.5 Å². The third-order valence-corrected chi connectivity index (χ3v) is 5.86. The molecule has 1 aromatic rings. The van der Waals surface area contributed by atoms with E-state index in [1.165, 1.54) is 11.3 Å². The molecule has 0 aliphatic carbocycles. The van der Waals surface area contributed by atoms with Crippen LogP contribution in [0.25, 0.3) is 0 Å². The van der Waals surface area contributed by atoms with Gasteiger partial charge in [0.05, 0.1) is 4.90 Å². The van der Waals surface area contributed by atoms with Crippen LogP contribution in [0, 0.1) is 5.92 Å². The molecule has 0 saturated carbocycles. The Morgan fingerprint density at radius 3 is 2.61 bits per heavy atom. The first-order chi connectivity index (χ1) is 8.42. The molecule has 1 rings (SSSR count). The van der Waals surface area contributed by atoms with Gasteiger partial charge in [-0.1, -0.05) is 20.3 Å². The van der Waals surface area contributed by atoms with Gasteiger partial charge in [0.1, 0.15) is 0 Å². The highest BCUT2D eigenvalue weighted by atomic mass is 32.2. The van der Waals surface area contributed by atoms with E-state index in [1.807, 2.05) is 19.4 Å². The molecular weight excluding hydrogens is 268 g/mol. The Labute approximate surface area is 114 Å². The molecule has 0 radical (unpaired) electrons. The van der Waals surface area contributed by atoms with Gasteiger partial charge in [0.25, 0.3) is 0 Å². The summed E-state index contributed by atoms with van der Waals surface area (Å²) in [5.74, 6) is 0.325. The minimum atomic E-state index is -3.40. The van der Waals surface area contributed by atoms with Crippen molar-refractivity contribution in [1.82, 2.24) is 10.0 Å². The van der Waals surface area contributed by atoms with Crippen LogP contribution in [0.4, 0.5) is 0 Å². The lowest BCUT2D eigenvalue weighted by molar-refractivity contribution is 0.434. The third-order valence-electron chi connectivity index (χ3n) is 3.17. The molecule has 6 heteroatoms. The zero-order valence-corrected chi connectivity index (χ0v) is 13.0. The Morgan fingerprint density at radius 2 is 2.06 bits per heavy atom. The van der Waals surface area contributed by atoms with Crippen molar-refractivity contribution < 1.29 is 8.42 Å². The Hall–Kier alpha value is -0.430. The van der Waals surface area contributed by atoms with Crippen molar-refractivity contribution in [1.29, 1.82) is 0 Å². The van der Waals surface area contributed by atoms with Crippen LogP contribution >= 0.6 is 11.3 Å². The molecule has 0 saturated heterocycles. The molecule has 2 unspecified atom stereocenters. The maximum absolute atomic E-state index is 12.3. The molecule has 0 aliphatic rings. The van der Waals surface area contributed by atoms with E-state index in [9.17, 15) is 8.42 Å². The van der Waals surface area contributed by atoms with Gasteiger partial charge in [0, 0.05) is 17.5 Å². The molecule has 0 aliphatic heterocycles. The van der Waals surface area contributed by atoms with E-state index in [1.54, 1.807) is 6.07 Å². The minimum Gasteiger partial charge on any atom is -0.315 e. The van der Waals surface area contributed by atoms with Crippen molar-refractivity contribution >= 4 is 21.4 Å². The fourth-order valence-electron chi connectivity index (χ4n) is 1.64. The highest BCUT2D eigenvalue weighted by Crippen LogP contribution is 2.22. The maximum Gasteiger partial charge on any atom is 0.241 e. The Bertz CT molecular complexity index is 468. The average molecular weight is 290 g/mol. The molecule has 2 N–H and O–H groups in total. The van der Waals surface area contributed by atoms with Crippen LogP contribution in [0.15, 0.2) is 16.3 Å². The predicted octanol–water partition coefficient (Wildman–Crippen LogP) is 2.18. The molecule has 104 valence electrons. The number of nitrogens with one attached hydrogen (secondary N) is 2. The zero-order chi connectivity index (χ0) is 13.8. The molecule has 0 aromatic carbocycles. The molecular formula is C12H22N2O2S2. The second-order valence-electron chi connectivity index (χ2n) is 4.53. The predicted molar refractivity (Wildman–Crippen MR) is 76.3 cm³/mol. The molecule has 4 nitrogen and oxygen atoms in total. The van der Waals surface area contributed by atoms with E-state index in [4.69, 9.17) is 0 Å². The van der Waals surface area contributed by atoms with Gasteiger partial charge in [-0.3, -0.25) is 0 Å². The van der Waals surface area contributed by atoms with Gasteiger partial charge in [0.2, 0.25) is 10.0 Å². The number of hydrogen-bond acceptors (Lipinski definition) is 4. The summed E-state index contributed by atoms with van der Waals surface area (Å²) in [6.45, 7) is 6.60. The van der Waals surface area contributed by atoms with Gasteiger partial charge in [-0.15, -0.1) is 11.3 Å². The van der Waals surface area contributed by atoms with Gasteiger partial charge in [-0.25, -0.2) is 13.1 Å². The van der Waals surface area contributed by atoms with Gasteiger partial charge < -0.3 is 5.32 Å². The van der Waals surface area contributed by atoms with Crippen LogP contribution in [-0.2, 0) is 16.6 Å². The summed E-state index contributed by atoms with van der Waals surface area (Å²) in [5, 5.41) is 4.80. The average Bonchev–Trinajstić information content (AvgIpc) is 2.77. The number of sulfonamides is 1. The SMILES string of the molecule is CCC(C)C(C)NS(=O)(=O)c1ccsc1CNC. The first kappa shape index (κ1) is 15.6. The Kier molecular flexibility index (Phi) is 5.78. The smallest absolute Gasteiger partial charge is 0.241 e. The third kappa shape index (κ3) is 3.78. The van der Waals surface area contributed by atoms with E-state index in [-0.39, 0.29) is 6.04 Å². The Morgan fingerprint density at radius 1 is 1.39 bits per heavy atom. The van der Waals surface area contributed by atoms with Crippen molar-refractivity contribution in [2.24, 2.45) is 5.92 Å². The van der Waals surface area contributed by atoms with E-state index in [0.717, 1.165) is 11.3 Å². The minimum absolute atomic E-state index is 0.0534. The molecule has 0 bridgehead atoms. The van der Waals surface area contributed by atoms with Crippen LogP contribution in [0.2, 0.25) is 0 Å². The summed E-state index contributed by atoms with van der Waals surface area (Å²) in [5.41, 5.74) is 0. The number of rotatable bonds is 7. The van der Waals surface area contributed by atoms with Crippen molar-refractivity contribution in [2.45, 2.75) is 44.7 Å². The first-order valence-corrected chi connectivity index (χ1v) is 8.52. The van der Waals surface area contributed by atoms with E-state index >= 15 is 0 Å². The summed E-state index contributed by atoms with van der Waals surface area (Å²) >= 11 is 1.46. The van der Waals surface area contributed by atoms with Crippen LogP contribution < -0.4 is 10.0 Å². The summed E-state index contributed by atoms with van der Waals surface area (Å²) in [7, 11) is -1.59. The molecule has 0 amide bonds. The van der Waals surface area contributed by atoms with E-state index < -0.39 is 10.0 Å². The summed E-state index contributed by atoms with van der Waals surface area (Å²) in [6, 6.07) is 1.62. The highest BCUT2D eigenvalue weighted by Gasteiger charge is 2.23. The molecule has 1 heterocycles. The van der Waals surface area contributed by atoms with Crippen molar-refractivity contribution in [3.63, 3.8) is 0 Å². The van der Waals surface area contributed by atoms with Gasteiger partial charge >= 0.3 is 0 Å². The van der Waals surface area contributed by atoms with Crippen molar-refractivity contribution in [3.8, 4) is 0 Å². The molecule has 0 spiro atoms. The monoisotopic (exact) mass is 290 g/mol. The number of hydrogen-bond donors (Lipinski definition) is 2. The molecule has 18 heavy (non-hydrogen) atoms. The lowest BCUT2D eigenvalue weighted by Gasteiger charge is -2.19. The molecule has 1 aromatic heterocycles. The van der Waals surface area contributed by atoms with Crippen LogP contribution in [0.1, 0.15) is 32.1 Å². The lowest BCUT2D eigenvalue weighted by atomic mass is 10.0. The molecule has 0 fully saturated rings. The van der Waals surface area contributed by atoms with Gasteiger partial charge in [0.15, 0.2) is 0 Å².